The van der Waals surface area contributed by atoms with E-state index in [0.29, 0.717) is 6.54 Å². The summed E-state index contributed by atoms with van der Waals surface area (Å²) >= 11 is 0. The van der Waals surface area contributed by atoms with Crippen LogP contribution in [0.5, 0.6) is 0 Å². The molecule has 0 spiro atoms. The maximum Gasteiger partial charge on any atom is 0.308 e. The molecule has 2 rings (SSSR count). The average molecular weight is 263 g/mol. The van der Waals surface area contributed by atoms with Gasteiger partial charge in [-0.05, 0) is 45.6 Å². The third-order valence-corrected chi connectivity index (χ3v) is 3.21. The second-order valence-electron chi connectivity index (χ2n) is 5.99. The van der Waals surface area contributed by atoms with E-state index in [9.17, 15) is 9.59 Å². The molecule has 4 nitrogen and oxygen atoms in total. The molecule has 0 atom stereocenters. The van der Waals surface area contributed by atoms with E-state index in [4.69, 9.17) is 4.74 Å². The molecule has 0 N–H and O–H groups in total. The van der Waals surface area contributed by atoms with E-state index in [1.165, 1.54) is 5.56 Å². The molecule has 0 aliphatic heterocycles. The van der Waals surface area contributed by atoms with Gasteiger partial charge in [0.25, 0.3) is 5.56 Å². The number of carbonyl (C=O) groups excluding carboxylic acids is 1. The van der Waals surface area contributed by atoms with E-state index in [1.807, 2.05) is 26.8 Å². The van der Waals surface area contributed by atoms with Crippen LogP contribution in [0, 0.1) is 0 Å². The highest BCUT2D eigenvalue weighted by Crippen LogP contribution is 2.20. The van der Waals surface area contributed by atoms with Gasteiger partial charge in [-0.3, -0.25) is 9.59 Å². The highest BCUT2D eigenvalue weighted by molar-refractivity contribution is 5.69. The lowest BCUT2D eigenvalue weighted by Crippen LogP contribution is -2.27. The summed E-state index contributed by atoms with van der Waals surface area (Å²) in [5.74, 6) is -0.255. The molecule has 0 radical (unpaired) electrons. The number of pyridine rings is 1. The molecular weight excluding hydrogens is 242 g/mol. The first kappa shape index (κ1) is 13.8. The van der Waals surface area contributed by atoms with Crippen LogP contribution in [0.3, 0.4) is 0 Å². The summed E-state index contributed by atoms with van der Waals surface area (Å²) in [4.78, 5) is 23.6. The molecule has 1 aliphatic carbocycles. The first-order chi connectivity index (χ1) is 8.87. The molecule has 0 bridgehead atoms. The summed E-state index contributed by atoms with van der Waals surface area (Å²) in [5.41, 5.74) is 1.84. The van der Waals surface area contributed by atoms with Gasteiger partial charge in [0.1, 0.15) is 5.60 Å². The molecule has 1 heterocycles. The van der Waals surface area contributed by atoms with E-state index < -0.39 is 5.60 Å². The van der Waals surface area contributed by atoms with E-state index in [0.717, 1.165) is 25.0 Å². The predicted octanol–water partition coefficient (Wildman–Crippen LogP) is 2.07. The van der Waals surface area contributed by atoms with Crippen molar-refractivity contribution >= 4 is 5.97 Å². The number of aromatic nitrogens is 1. The van der Waals surface area contributed by atoms with Crippen molar-refractivity contribution in [1.29, 1.82) is 0 Å². The molecule has 0 aromatic carbocycles. The van der Waals surface area contributed by atoms with Crippen LogP contribution in [0.15, 0.2) is 16.9 Å². The Bertz CT molecular complexity index is 537. The first-order valence-electron chi connectivity index (χ1n) is 6.80. The zero-order chi connectivity index (χ0) is 14.0. The summed E-state index contributed by atoms with van der Waals surface area (Å²) < 4.78 is 6.99. The maximum atomic E-state index is 11.9. The number of nitrogens with zero attached hydrogens (tertiary/aromatic N) is 1. The van der Waals surface area contributed by atoms with Gasteiger partial charge in [0, 0.05) is 18.3 Å². The van der Waals surface area contributed by atoms with Crippen molar-refractivity contribution in [2.24, 2.45) is 0 Å². The number of fused-ring (bicyclic) bond motifs is 1. The van der Waals surface area contributed by atoms with Gasteiger partial charge in [-0.25, -0.2) is 0 Å². The lowest BCUT2D eigenvalue weighted by Gasteiger charge is -2.20. The molecule has 19 heavy (non-hydrogen) atoms. The maximum absolute atomic E-state index is 11.9. The van der Waals surface area contributed by atoms with Crippen molar-refractivity contribution in [2.75, 3.05) is 0 Å². The Morgan fingerprint density at radius 2 is 2.05 bits per heavy atom. The smallest absolute Gasteiger partial charge is 0.308 e. The molecule has 0 saturated heterocycles. The van der Waals surface area contributed by atoms with Crippen LogP contribution in [0.4, 0.5) is 0 Å². The lowest BCUT2D eigenvalue weighted by atomic mass is 10.2. The summed E-state index contributed by atoms with van der Waals surface area (Å²) in [6.07, 6.45) is 3.29. The first-order valence-corrected chi connectivity index (χ1v) is 6.80. The molecule has 0 unspecified atom stereocenters. The highest BCUT2D eigenvalue weighted by atomic mass is 16.6. The van der Waals surface area contributed by atoms with E-state index in [2.05, 4.69) is 0 Å². The monoisotopic (exact) mass is 263 g/mol. The molecule has 104 valence electrons. The number of esters is 1. The summed E-state index contributed by atoms with van der Waals surface area (Å²) in [7, 11) is 0. The van der Waals surface area contributed by atoms with Gasteiger partial charge in [-0.2, -0.15) is 0 Å². The number of rotatable bonds is 3. The number of hydrogen-bond acceptors (Lipinski definition) is 3. The lowest BCUT2D eigenvalue weighted by molar-refractivity contribution is -0.155. The Hall–Kier alpha value is -1.58. The van der Waals surface area contributed by atoms with Crippen LogP contribution in [0.1, 0.15) is 44.9 Å². The molecule has 4 heteroatoms. The minimum atomic E-state index is -0.472. The van der Waals surface area contributed by atoms with Crippen LogP contribution in [-0.2, 0) is 28.9 Å². The molecule has 0 amide bonds. The fourth-order valence-electron chi connectivity index (χ4n) is 2.47. The summed E-state index contributed by atoms with van der Waals surface area (Å²) in [6.45, 7) is 5.95. The minimum Gasteiger partial charge on any atom is -0.460 e. The molecule has 1 aliphatic rings. The Balaban J connectivity index is 2.07. The van der Waals surface area contributed by atoms with Crippen molar-refractivity contribution in [3.8, 4) is 0 Å². The van der Waals surface area contributed by atoms with E-state index in [1.54, 1.807) is 10.6 Å². The van der Waals surface area contributed by atoms with E-state index in [-0.39, 0.29) is 17.9 Å². The van der Waals surface area contributed by atoms with Crippen LogP contribution in [-0.4, -0.2) is 16.1 Å². The predicted molar refractivity (Wildman–Crippen MR) is 73.2 cm³/mol. The number of carbonyl (C=O) groups is 1. The van der Waals surface area contributed by atoms with Gasteiger partial charge in [0.05, 0.1) is 6.42 Å². The third-order valence-electron chi connectivity index (χ3n) is 3.21. The quantitative estimate of drug-likeness (QED) is 0.784. The molecule has 0 fully saturated rings. The number of ether oxygens (including phenoxy) is 1. The second-order valence-corrected chi connectivity index (χ2v) is 5.99. The normalized spacial score (nSPS) is 14.3. The fraction of sp³-hybridized carbons (Fsp3) is 0.600. The Labute approximate surface area is 113 Å². The topological polar surface area (TPSA) is 48.3 Å². The van der Waals surface area contributed by atoms with Gasteiger partial charge < -0.3 is 9.30 Å². The van der Waals surface area contributed by atoms with Crippen molar-refractivity contribution < 1.29 is 9.53 Å². The van der Waals surface area contributed by atoms with Crippen molar-refractivity contribution in [2.45, 2.75) is 58.6 Å². The Morgan fingerprint density at radius 3 is 2.74 bits per heavy atom. The summed E-state index contributed by atoms with van der Waals surface area (Å²) in [5, 5.41) is 0. The molecular formula is C15H21NO3. The summed E-state index contributed by atoms with van der Waals surface area (Å²) in [6, 6.07) is 3.51. The fourth-order valence-corrected chi connectivity index (χ4v) is 2.47. The van der Waals surface area contributed by atoms with Crippen LogP contribution in [0.2, 0.25) is 0 Å². The van der Waals surface area contributed by atoms with Gasteiger partial charge in [-0.1, -0.05) is 6.07 Å². The van der Waals surface area contributed by atoms with Crippen LogP contribution in [0.25, 0.3) is 0 Å². The van der Waals surface area contributed by atoms with Crippen LogP contribution < -0.4 is 5.56 Å². The Kier molecular flexibility index (Phi) is 3.78. The number of hydrogen-bond donors (Lipinski definition) is 0. The molecule has 1 aromatic heterocycles. The van der Waals surface area contributed by atoms with Gasteiger partial charge in [-0.15, -0.1) is 0 Å². The van der Waals surface area contributed by atoms with E-state index >= 15 is 0 Å². The number of aryl methyl sites for hydroxylation is 1. The third kappa shape index (κ3) is 3.46. The molecule has 1 aromatic rings. The van der Waals surface area contributed by atoms with Crippen molar-refractivity contribution in [3.05, 3.63) is 33.7 Å². The zero-order valence-electron chi connectivity index (χ0n) is 11.9. The van der Waals surface area contributed by atoms with Crippen molar-refractivity contribution in [3.63, 3.8) is 0 Å². The minimum absolute atomic E-state index is 0.0239. The van der Waals surface area contributed by atoms with Gasteiger partial charge in [0.2, 0.25) is 0 Å². The average Bonchev–Trinajstić information content (AvgIpc) is 2.73. The highest BCUT2D eigenvalue weighted by Gasteiger charge is 2.19. The van der Waals surface area contributed by atoms with Gasteiger partial charge in [0.15, 0.2) is 0 Å². The van der Waals surface area contributed by atoms with Crippen molar-refractivity contribution in [1.82, 2.24) is 4.57 Å². The molecule has 0 saturated carbocycles. The van der Waals surface area contributed by atoms with Crippen LogP contribution >= 0.6 is 0 Å². The second kappa shape index (κ2) is 5.19. The SMILES string of the molecule is CC(C)(C)OC(=O)CCn1c2c(ccc1=O)CCC2. The zero-order valence-corrected chi connectivity index (χ0v) is 11.9. The largest absolute Gasteiger partial charge is 0.460 e. The standard InChI is InChI=1S/C15H21NO3/c1-15(2,3)19-14(18)9-10-16-12-6-4-5-11(12)7-8-13(16)17/h7-8H,4-6,9-10H2,1-3H3. The van der Waals surface area contributed by atoms with Gasteiger partial charge >= 0.3 is 5.97 Å². The Morgan fingerprint density at radius 1 is 1.32 bits per heavy atom.